The van der Waals surface area contributed by atoms with Gasteiger partial charge in [-0.2, -0.15) is 0 Å². The van der Waals surface area contributed by atoms with Gasteiger partial charge >= 0.3 is 6.03 Å². The van der Waals surface area contributed by atoms with Gasteiger partial charge in [0, 0.05) is 35.6 Å². The molecule has 3 heterocycles. The summed E-state index contributed by atoms with van der Waals surface area (Å²) in [5.41, 5.74) is 7.41. The maximum absolute atomic E-state index is 12.9. The molecule has 236 valence electrons. The van der Waals surface area contributed by atoms with Crippen molar-refractivity contribution in [2.45, 2.75) is 32.2 Å². The van der Waals surface area contributed by atoms with Crippen LogP contribution in [0.15, 0.2) is 120 Å². The molecule has 4 aromatic carbocycles. The Labute approximate surface area is 274 Å². The molecule has 2 aromatic heterocycles. The summed E-state index contributed by atoms with van der Waals surface area (Å²) in [4.78, 5) is 24.4. The number of aromatic nitrogens is 2. The van der Waals surface area contributed by atoms with E-state index in [4.69, 9.17) is 4.42 Å². The fraction of sp³-hybridized carbons (Fsp3) is 0.205. The van der Waals surface area contributed by atoms with Gasteiger partial charge in [-0.3, -0.25) is 4.90 Å². The van der Waals surface area contributed by atoms with Crippen molar-refractivity contribution < 1.29 is 9.21 Å². The molecule has 1 saturated heterocycles. The quantitative estimate of drug-likeness (QED) is 0.141. The Morgan fingerprint density at radius 2 is 1.45 bits per heavy atom. The van der Waals surface area contributed by atoms with Crippen LogP contribution in [0.2, 0.25) is 0 Å². The number of piperidine rings is 1. The molecule has 6 aromatic rings. The van der Waals surface area contributed by atoms with E-state index in [1.807, 2.05) is 91.0 Å². The highest BCUT2D eigenvalue weighted by Crippen LogP contribution is 2.42. The molecule has 1 fully saturated rings. The standard InChI is InChI=1S/C39H38N6O2/c46-39(44-33-17-9-8-16-31(33)26-45-24-10-3-11-25-45)43-32-20-18-28(19-21-32)22-23-40-37-35-34(29-12-4-1-5-13-29)36(30-14-6-2-7-15-30)47-38(35)42-27-41-37/h1-2,4-9,12-21,27H,3,10-11,22-26H2,(H,40,41,42)(H2,43,44,46). The third-order valence-corrected chi connectivity index (χ3v) is 8.61. The number of carbonyl (C=O) groups excluding carboxylic acids is 1. The monoisotopic (exact) mass is 622 g/mol. The Bertz CT molecular complexity index is 1930. The van der Waals surface area contributed by atoms with Gasteiger partial charge in [-0.1, -0.05) is 97.4 Å². The van der Waals surface area contributed by atoms with Crippen LogP contribution in [-0.2, 0) is 13.0 Å². The van der Waals surface area contributed by atoms with E-state index < -0.39 is 0 Å². The van der Waals surface area contributed by atoms with Crippen LogP contribution >= 0.6 is 0 Å². The van der Waals surface area contributed by atoms with Gasteiger partial charge in [-0.15, -0.1) is 0 Å². The second kappa shape index (κ2) is 14.3. The number of urea groups is 1. The van der Waals surface area contributed by atoms with E-state index in [1.165, 1.54) is 25.6 Å². The molecule has 0 saturated carbocycles. The number of likely N-dealkylation sites (tertiary alicyclic amines) is 1. The minimum atomic E-state index is -0.248. The smallest absolute Gasteiger partial charge is 0.323 e. The molecule has 8 nitrogen and oxygen atoms in total. The molecule has 0 unspecified atom stereocenters. The minimum absolute atomic E-state index is 0.248. The van der Waals surface area contributed by atoms with Crippen LogP contribution in [0, 0.1) is 0 Å². The van der Waals surface area contributed by atoms with Crippen LogP contribution in [0.5, 0.6) is 0 Å². The summed E-state index contributed by atoms with van der Waals surface area (Å²) >= 11 is 0. The van der Waals surface area contributed by atoms with Crippen molar-refractivity contribution in [2.75, 3.05) is 35.6 Å². The summed E-state index contributed by atoms with van der Waals surface area (Å²) in [6, 6.07) is 36.1. The predicted octanol–water partition coefficient (Wildman–Crippen LogP) is 8.84. The number of para-hydroxylation sites is 1. The number of hydrogen-bond donors (Lipinski definition) is 3. The van der Waals surface area contributed by atoms with Crippen molar-refractivity contribution in [3.05, 3.63) is 127 Å². The van der Waals surface area contributed by atoms with Crippen molar-refractivity contribution in [2.24, 2.45) is 0 Å². The number of hydrogen-bond acceptors (Lipinski definition) is 6. The first-order valence-corrected chi connectivity index (χ1v) is 16.3. The molecule has 0 radical (unpaired) electrons. The lowest BCUT2D eigenvalue weighted by Crippen LogP contribution is -2.29. The molecule has 1 aliphatic heterocycles. The number of rotatable bonds is 10. The van der Waals surface area contributed by atoms with Crippen LogP contribution in [-0.4, -0.2) is 40.5 Å². The lowest BCUT2D eigenvalue weighted by atomic mass is 9.99. The maximum atomic E-state index is 12.9. The molecule has 0 bridgehead atoms. The molecule has 3 N–H and O–H groups in total. The fourth-order valence-electron chi connectivity index (χ4n) is 6.24. The van der Waals surface area contributed by atoms with Gasteiger partial charge in [0.25, 0.3) is 0 Å². The van der Waals surface area contributed by atoms with Crippen LogP contribution in [0.1, 0.15) is 30.4 Å². The van der Waals surface area contributed by atoms with E-state index in [-0.39, 0.29) is 6.03 Å². The third kappa shape index (κ3) is 7.18. The van der Waals surface area contributed by atoms with Crippen LogP contribution < -0.4 is 16.0 Å². The van der Waals surface area contributed by atoms with Crippen LogP contribution in [0.25, 0.3) is 33.6 Å². The molecule has 0 aliphatic carbocycles. The molecule has 2 amide bonds. The van der Waals surface area contributed by atoms with Crippen LogP contribution in [0.4, 0.5) is 22.0 Å². The average Bonchev–Trinajstić information content (AvgIpc) is 3.52. The third-order valence-electron chi connectivity index (χ3n) is 8.61. The number of nitrogens with one attached hydrogen (secondary N) is 3. The van der Waals surface area contributed by atoms with Gasteiger partial charge in [0.1, 0.15) is 17.9 Å². The van der Waals surface area contributed by atoms with Crippen molar-refractivity contribution in [3.63, 3.8) is 0 Å². The summed E-state index contributed by atoms with van der Waals surface area (Å²) in [7, 11) is 0. The minimum Gasteiger partial charge on any atom is -0.437 e. The average molecular weight is 623 g/mol. The molecule has 47 heavy (non-hydrogen) atoms. The SMILES string of the molecule is O=C(Nc1ccc(CCNc2ncnc3oc(-c4ccccc4)c(-c4ccccc4)c23)cc1)Nc1ccccc1CN1CCCCC1. The summed E-state index contributed by atoms with van der Waals surface area (Å²) in [6.45, 7) is 3.73. The highest BCUT2D eigenvalue weighted by molar-refractivity contribution is 6.06. The first-order valence-electron chi connectivity index (χ1n) is 16.3. The second-order valence-electron chi connectivity index (χ2n) is 11.9. The molecule has 1 aliphatic rings. The number of furan rings is 1. The summed E-state index contributed by atoms with van der Waals surface area (Å²) < 4.78 is 6.33. The zero-order valence-electron chi connectivity index (χ0n) is 26.3. The Morgan fingerprint density at radius 1 is 0.745 bits per heavy atom. The first-order chi connectivity index (χ1) is 23.2. The normalized spacial score (nSPS) is 13.4. The van der Waals surface area contributed by atoms with E-state index >= 15 is 0 Å². The molecule has 7 rings (SSSR count). The summed E-state index contributed by atoms with van der Waals surface area (Å²) in [5.74, 6) is 1.50. The van der Waals surface area contributed by atoms with Crippen molar-refractivity contribution in [3.8, 4) is 22.5 Å². The lowest BCUT2D eigenvalue weighted by molar-refractivity contribution is 0.221. The molecule has 8 heteroatoms. The zero-order chi connectivity index (χ0) is 31.8. The van der Waals surface area contributed by atoms with Crippen molar-refractivity contribution >= 4 is 34.3 Å². The van der Waals surface area contributed by atoms with E-state index in [1.54, 1.807) is 0 Å². The van der Waals surface area contributed by atoms with Crippen LogP contribution in [0.3, 0.4) is 0 Å². The maximum Gasteiger partial charge on any atom is 0.323 e. The number of fused-ring (bicyclic) bond motifs is 1. The fourth-order valence-corrected chi connectivity index (χ4v) is 6.24. The van der Waals surface area contributed by atoms with Gasteiger partial charge in [0.2, 0.25) is 5.71 Å². The highest BCUT2D eigenvalue weighted by atomic mass is 16.3. The lowest BCUT2D eigenvalue weighted by Gasteiger charge is -2.27. The number of benzene rings is 4. The van der Waals surface area contributed by atoms with Gasteiger partial charge in [0.05, 0.1) is 5.39 Å². The number of carbonyl (C=O) groups is 1. The number of amides is 2. The Hall–Kier alpha value is -5.47. The molecular formula is C39H38N6O2. The van der Waals surface area contributed by atoms with Crippen molar-refractivity contribution in [1.29, 1.82) is 0 Å². The summed E-state index contributed by atoms with van der Waals surface area (Å²) in [5, 5.41) is 10.4. The largest absolute Gasteiger partial charge is 0.437 e. The highest BCUT2D eigenvalue weighted by Gasteiger charge is 2.22. The summed E-state index contributed by atoms with van der Waals surface area (Å²) in [6.07, 6.45) is 6.08. The van der Waals surface area contributed by atoms with Crippen molar-refractivity contribution in [1.82, 2.24) is 14.9 Å². The first kappa shape index (κ1) is 30.2. The second-order valence-corrected chi connectivity index (χ2v) is 11.9. The van der Waals surface area contributed by atoms with Gasteiger partial charge in [-0.05, 0) is 67.2 Å². The van der Waals surface area contributed by atoms with E-state index in [0.29, 0.717) is 12.3 Å². The Kier molecular flexibility index (Phi) is 9.19. The number of anilines is 3. The van der Waals surface area contributed by atoms with Gasteiger partial charge < -0.3 is 20.4 Å². The number of nitrogens with zero attached hydrogens (tertiary/aromatic N) is 3. The molecule has 0 spiro atoms. The Morgan fingerprint density at radius 3 is 2.21 bits per heavy atom. The van der Waals surface area contributed by atoms with Gasteiger partial charge in [0.15, 0.2) is 0 Å². The Balaban J connectivity index is 1.00. The zero-order valence-corrected chi connectivity index (χ0v) is 26.3. The predicted molar refractivity (Wildman–Crippen MR) is 190 cm³/mol. The van der Waals surface area contributed by atoms with E-state index in [2.05, 4.69) is 49.0 Å². The topological polar surface area (TPSA) is 95.3 Å². The van der Waals surface area contributed by atoms with Gasteiger partial charge in [-0.25, -0.2) is 14.8 Å². The molecule has 0 atom stereocenters. The molecular weight excluding hydrogens is 584 g/mol. The van der Waals surface area contributed by atoms with E-state index in [9.17, 15) is 4.79 Å². The van der Waals surface area contributed by atoms with E-state index in [0.717, 1.165) is 82.2 Å².